The van der Waals surface area contributed by atoms with Gasteiger partial charge < -0.3 is 18.2 Å². The quantitative estimate of drug-likeness (QED) is 0.460. The van der Waals surface area contributed by atoms with Crippen molar-refractivity contribution in [1.29, 1.82) is 0 Å². The zero-order valence-corrected chi connectivity index (χ0v) is 17.4. The lowest BCUT2D eigenvalue weighted by molar-refractivity contribution is -0.138. The predicted octanol–water partition coefficient (Wildman–Crippen LogP) is 3.36. The van der Waals surface area contributed by atoms with Gasteiger partial charge in [-0.05, 0) is 35.4 Å². The highest BCUT2D eigenvalue weighted by atomic mass is 32.2. The van der Waals surface area contributed by atoms with Crippen LogP contribution in [-0.2, 0) is 39.3 Å². The number of carbonyl (C=O) groups excluding carboxylic acids is 1. The van der Waals surface area contributed by atoms with Gasteiger partial charge in [-0.1, -0.05) is 42.5 Å². The minimum absolute atomic E-state index is 0.0646. The summed E-state index contributed by atoms with van der Waals surface area (Å²) < 4.78 is 38.3. The first kappa shape index (κ1) is 21.6. The number of furan rings is 1. The monoisotopic (exact) mass is 429 g/mol. The molecule has 8 heteroatoms. The molecular formula is C22H23NO6S. The van der Waals surface area contributed by atoms with Crippen molar-refractivity contribution in [3.05, 3.63) is 89.9 Å². The molecule has 30 heavy (non-hydrogen) atoms. The van der Waals surface area contributed by atoms with E-state index in [4.69, 9.17) is 13.3 Å². The molecule has 3 rings (SSSR count). The van der Waals surface area contributed by atoms with Gasteiger partial charge in [0.25, 0.3) is 0 Å². The SMILES string of the molecule is CS(=O)(=O)Oc1ccc(CN(Cc2ccco2)C(=O)COCc2ccccc2)cc1. The van der Waals surface area contributed by atoms with E-state index in [1.165, 1.54) is 0 Å². The molecule has 0 unspecified atom stereocenters. The zero-order valence-electron chi connectivity index (χ0n) is 16.6. The van der Waals surface area contributed by atoms with Crippen LogP contribution in [0.3, 0.4) is 0 Å². The molecule has 3 aromatic rings. The minimum atomic E-state index is -3.59. The molecule has 0 aliphatic rings. The molecule has 0 saturated heterocycles. The second kappa shape index (κ2) is 10.1. The van der Waals surface area contributed by atoms with E-state index in [0.717, 1.165) is 17.4 Å². The lowest BCUT2D eigenvalue weighted by atomic mass is 10.2. The fourth-order valence-electron chi connectivity index (χ4n) is 2.79. The maximum atomic E-state index is 12.8. The van der Waals surface area contributed by atoms with Crippen LogP contribution in [0.4, 0.5) is 0 Å². The summed E-state index contributed by atoms with van der Waals surface area (Å²) in [5.41, 5.74) is 1.81. The molecule has 0 fully saturated rings. The van der Waals surface area contributed by atoms with Crippen molar-refractivity contribution in [3.8, 4) is 5.75 Å². The number of rotatable bonds is 10. The van der Waals surface area contributed by atoms with Crippen LogP contribution in [0.1, 0.15) is 16.9 Å². The summed E-state index contributed by atoms with van der Waals surface area (Å²) in [7, 11) is -3.59. The van der Waals surface area contributed by atoms with E-state index in [9.17, 15) is 13.2 Å². The molecule has 0 radical (unpaired) electrons. The van der Waals surface area contributed by atoms with E-state index < -0.39 is 10.1 Å². The fourth-order valence-corrected chi connectivity index (χ4v) is 3.25. The van der Waals surface area contributed by atoms with Gasteiger partial charge in [-0.15, -0.1) is 0 Å². The largest absolute Gasteiger partial charge is 0.467 e. The third-order valence-corrected chi connectivity index (χ3v) is 4.66. The number of carbonyl (C=O) groups is 1. The summed E-state index contributed by atoms with van der Waals surface area (Å²) in [5.74, 6) is 0.693. The number of nitrogens with zero attached hydrogens (tertiary/aromatic N) is 1. The van der Waals surface area contributed by atoms with E-state index >= 15 is 0 Å². The van der Waals surface area contributed by atoms with E-state index in [2.05, 4.69) is 0 Å². The van der Waals surface area contributed by atoms with Crippen LogP contribution in [0, 0.1) is 0 Å². The lowest BCUT2D eigenvalue weighted by Gasteiger charge is -2.22. The first-order valence-corrected chi connectivity index (χ1v) is 11.1. The Morgan fingerprint density at radius 1 is 0.933 bits per heavy atom. The first-order valence-electron chi connectivity index (χ1n) is 9.29. The Bertz CT molecular complexity index is 1030. The number of ether oxygens (including phenoxy) is 1. The van der Waals surface area contributed by atoms with Gasteiger partial charge in [0.05, 0.1) is 25.7 Å². The van der Waals surface area contributed by atoms with Crippen LogP contribution in [0.25, 0.3) is 0 Å². The maximum Gasteiger partial charge on any atom is 0.306 e. The molecule has 1 heterocycles. The average molecular weight is 429 g/mol. The van der Waals surface area contributed by atoms with Crippen molar-refractivity contribution in [2.45, 2.75) is 19.7 Å². The fraction of sp³-hybridized carbons (Fsp3) is 0.227. The average Bonchev–Trinajstić information content (AvgIpc) is 3.22. The zero-order chi connectivity index (χ0) is 21.4. The molecule has 0 aliphatic carbocycles. The Kier molecular flexibility index (Phi) is 7.26. The van der Waals surface area contributed by atoms with Crippen molar-refractivity contribution < 1.29 is 26.5 Å². The molecule has 0 bridgehead atoms. The van der Waals surface area contributed by atoms with Crippen LogP contribution in [0.5, 0.6) is 5.75 Å². The highest BCUT2D eigenvalue weighted by Crippen LogP contribution is 2.17. The predicted molar refractivity (Wildman–Crippen MR) is 111 cm³/mol. The van der Waals surface area contributed by atoms with E-state index in [1.54, 1.807) is 47.6 Å². The number of hydrogen-bond donors (Lipinski definition) is 0. The Morgan fingerprint density at radius 2 is 1.67 bits per heavy atom. The second-order valence-electron chi connectivity index (χ2n) is 6.74. The van der Waals surface area contributed by atoms with Crippen molar-refractivity contribution in [2.75, 3.05) is 12.9 Å². The van der Waals surface area contributed by atoms with Gasteiger partial charge in [-0.3, -0.25) is 4.79 Å². The molecule has 1 aromatic heterocycles. The van der Waals surface area contributed by atoms with Gasteiger partial charge >= 0.3 is 10.1 Å². The second-order valence-corrected chi connectivity index (χ2v) is 8.31. The molecule has 0 saturated carbocycles. The van der Waals surface area contributed by atoms with Crippen LogP contribution in [0.15, 0.2) is 77.4 Å². The number of amides is 1. The topological polar surface area (TPSA) is 86.1 Å². The van der Waals surface area contributed by atoms with Crippen LogP contribution >= 0.6 is 0 Å². The van der Waals surface area contributed by atoms with Gasteiger partial charge in [0, 0.05) is 6.54 Å². The van der Waals surface area contributed by atoms with Gasteiger partial charge in [-0.25, -0.2) is 0 Å². The maximum absolute atomic E-state index is 12.8. The summed E-state index contributed by atoms with van der Waals surface area (Å²) in [6, 6.07) is 19.7. The lowest BCUT2D eigenvalue weighted by Crippen LogP contribution is -2.33. The minimum Gasteiger partial charge on any atom is -0.467 e. The molecule has 0 aliphatic heterocycles. The van der Waals surface area contributed by atoms with Crippen molar-refractivity contribution >= 4 is 16.0 Å². The normalized spacial score (nSPS) is 11.2. The van der Waals surface area contributed by atoms with Gasteiger partial charge in [0.15, 0.2) is 0 Å². The third kappa shape index (κ3) is 7.06. The Hall–Kier alpha value is -3.10. The number of benzene rings is 2. The molecule has 1 amide bonds. The molecule has 0 N–H and O–H groups in total. The van der Waals surface area contributed by atoms with Gasteiger partial charge in [0.2, 0.25) is 5.91 Å². The summed E-state index contributed by atoms with van der Waals surface area (Å²) in [4.78, 5) is 14.4. The van der Waals surface area contributed by atoms with Gasteiger partial charge in [0.1, 0.15) is 18.1 Å². The van der Waals surface area contributed by atoms with Gasteiger partial charge in [-0.2, -0.15) is 8.42 Å². The Labute approximate surface area is 176 Å². The standard InChI is InChI=1S/C22H23NO6S/c1-30(25,26)29-20-11-9-18(10-12-20)14-23(15-21-8-5-13-28-21)22(24)17-27-16-19-6-3-2-4-7-19/h2-13H,14-17H2,1H3. The summed E-state index contributed by atoms with van der Waals surface area (Å²) in [6.07, 6.45) is 2.54. The highest BCUT2D eigenvalue weighted by Gasteiger charge is 2.16. The molecule has 158 valence electrons. The van der Waals surface area contributed by atoms with Crippen LogP contribution < -0.4 is 4.18 Å². The summed E-state index contributed by atoms with van der Waals surface area (Å²) in [6.45, 7) is 0.888. The van der Waals surface area contributed by atoms with Crippen LogP contribution in [0.2, 0.25) is 0 Å². The van der Waals surface area contributed by atoms with E-state index in [1.807, 2.05) is 30.3 Å². The van der Waals surface area contributed by atoms with Crippen molar-refractivity contribution in [3.63, 3.8) is 0 Å². The summed E-state index contributed by atoms with van der Waals surface area (Å²) in [5, 5.41) is 0. The highest BCUT2D eigenvalue weighted by molar-refractivity contribution is 7.86. The van der Waals surface area contributed by atoms with Crippen molar-refractivity contribution in [2.24, 2.45) is 0 Å². The van der Waals surface area contributed by atoms with E-state index in [0.29, 0.717) is 25.5 Å². The van der Waals surface area contributed by atoms with Crippen molar-refractivity contribution in [1.82, 2.24) is 4.90 Å². The molecular weight excluding hydrogens is 406 g/mol. The van der Waals surface area contributed by atoms with E-state index in [-0.39, 0.29) is 18.3 Å². The number of hydrogen-bond acceptors (Lipinski definition) is 6. The molecule has 2 aromatic carbocycles. The van der Waals surface area contributed by atoms with Crippen LogP contribution in [-0.4, -0.2) is 32.1 Å². The Balaban J connectivity index is 1.63. The Morgan fingerprint density at radius 3 is 2.30 bits per heavy atom. The third-order valence-electron chi connectivity index (χ3n) is 4.16. The smallest absolute Gasteiger partial charge is 0.306 e. The molecule has 7 nitrogen and oxygen atoms in total. The first-order chi connectivity index (χ1) is 14.4. The molecule has 0 atom stereocenters. The summed E-state index contributed by atoms with van der Waals surface area (Å²) >= 11 is 0. The molecule has 0 spiro atoms.